The minimum Gasteiger partial charge on any atom is -0.483 e. The first-order valence-corrected chi connectivity index (χ1v) is 13.3. The molecule has 0 saturated carbocycles. The molecule has 0 aliphatic carbocycles. The average molecular weight is 593 g/mol. The van der Waals surface area contributed by atoms with E-state index in [1.165, 1.54) is 13.2 Å². The van der Waals surface area contributed by atoms with E-state index in [0.29, 0.717) is 24.4 Å². The Morgan fingerprint density at radius 3 is 2.70 bits per heavy atom. The SMILES string of the molecule is C#CCCCn1c(COc2c(Cl)cc(C(=O)O[C@H]3[C@@H](OC)O[C@H](CO)[C@@H](O)[C@@H]3O)c(C)c2Cl)nc2ccccc21. The zero-order valence-corrected chi connectivity index (χ0v) is 23.4. The number of nitrogens with zero attached hydrogens (tertiary/aromatic N) is 2. The molecule has 0 radical (unpaired) electrons. The van der Waals surface area contributed by atoms with Gasteiger partial charge in [0.25, 0.3) is 0 Å². The predicted molar refractivity (Wildman–Crippen MR) is 147 cm³/mol. The largest absolute Gasteiger partial charge is 0.483 e. The van der Waals surface area contributed by atoms with Crippen molar-refractivity contribution in [1.82, 2.24) is 9.55 Å². The predicted octanol–water partition coefficient (Wildman–Crippen LogP) is 3.25. The zero-order valence-electron chi connectivity index (χ0n) is 21.9. The molecule has 1 aliphatic rings. The molecule has 40 heavy (non-hydrogen) atoms. The molecule has 0 spiro atoms. The number of hydrogen-bond acceptors (Lipinski definition) is 9. The number of carbonyl (C=O) groups excluding carboxylic acids is 1. The maximum atomic E-state index is 13.1. The summed E-state index contributed by atoms with van der Waals surface area (Å²) in [6.45, 7) is 1.74. The number of aliphatic hydroxyl groups is 3. The molecule has 3 aromatic rings. The van der Waals surface area contributed by atoms with E-state index in [1.807, 2.05) is 28.8 Å². The number of methoxy groups -OCH3 is 1. The number of fused-ring (bicyclic) bond motifs is 1. The summed E-state index contributed by atoms with van der Waals surface area (Å²) in [6.07, 6.45) is 0.00570. The molecule has 0 unspecified atom stereocenters. The van der Waals surface area contributed by atoms with Gasteiger partial charge in [0.05, 0.1) is 33.2 Å². The van der Waals surface area contributed by atoms with Gasteiger partial charge in [0.1, 0.15) is 30.7 Å². The van der Waals surface area contributed by atoms with Crippen molar-refractivity contribution in [2.24, 2.45) is 0 Å². The van der Waals surface area contributed by atoms with Crippen molar-refractivity contribution in [3.05, 3.63) is 57.3 Å². The number of carbonyl (C=O) groups is 1. The lowest BCUT2D eigenvalue weighted by Crippen LogP contribution is -2.60. The highest BCUT2D eigenvalue weighted by molar-refractivity contribution is 6.38. The van der Waals surface area contributed by atoms with Crippen molar-refractivity contribution in [2.45, 2.75) is 63.6 Å². The standard InChI is InChI=1S/C28H30Cl2N2O8/c1-4-5-8-11-32-19-10-7-6-9-18(19)31-21(32)14-38-25-17(29)12-16(15(2)22(25)30)27(36)40-26-24(35)23(34)20(13-33)39-28(26)37-3/h1,6-7,9-10,12,20,23-24,26,28,33-35H,5,8,11,13-14H2,2-3H3/t20-,23-,24+,26-,28+/m1/s1. The van der Waals surface area contributed by atoms with Crippen molar-refractivity contribution in [1.29, 1.82) is 0 Å². The summed E-state index contributed by atoms with van der Waals surface area (Å²) in [6, 6.07) is 9.06. The Bertz CT molecular complexity index is 1400. The van der Waals surface area contributed by atoms with Gasteiger partial charge in [-0.25, -0.2) is 9.78 Å². The van der Waals surface area contributed by atoms with Crippen LogP contribution in [0.3, 0.4) is 0 Å². The Morgan fingerprint density at radius 1 is 1.25 bits per heavy atom. The number of aliphatic hydroxyl groups excluding tert-OH is 3. The maximum absolute atomic E-state index is 13.1. The fraction of sp³-hybridized carbons (Fsp3) is 0.429. The fourth-order valence-electron chi connectivity index (χ4n) is 4.56. The van der Waals surface area contributed by atoms with Crippen LogP contribution in [0.2, 0.25) is 10.0 Å². The fourth-order valence-corrected chi connectivity index (χ4v) is 5.12. The van der Waals surface area contributed by atoms with E-state index in [4.69, 9.17) is 48.6 Å². The van der Waals surface area contributed by atoms with Crippen molar-refractivity contribution in [3.8, 4) is 18.1 Å². The highest BCUT2D eigenvalue weighted by Crippen LogP contribution is 2.39. The molecule has 214 valence electrons. The van der Waals surface area contributed by atoms with Crippen LogP contribution in [0.1, 0.15) is 34.6 Å². The summed E-state index contributed by atoms with van der Waals surface area (Å²) in [5.41, 5.74) is 2.10. The monoisotopic (exact) mass is 592 g/mol. The van der Waals surface area contributed by atoms with Gasteiger partial charge in [-0.2, -0.15) is 0 Å². The van der Waals surface area contributed by atoms with E-state index in [9.17, 15) is 20.1 Å². The molecule has 10 nitrogen and oxygen atoms in total. The maximum Gasteiger partial charge on any atom is 0.339 e. The van der Waals surface area contributed by atoms with Gasteiger partial charge in [-0.15, -0.1) is 12.3 Å². The third-order valence-corrected chi connectivity index (χ3v) is 7.46. The van der Waals surface area contributed by atoms with E-state index in [0.717, 1.165) is 17.5 Å². The Balaban J connectivity index is 1.54. The summed E-state index contributed by atoms with van der Waals surface area (Å²) in [5, 5.41) is 30.2. The van der Waals surface area contributed by atoms with Crippen LogP contribution in [0.25, 0.3) is 11.0 Å². The lowest BCUT2D eigenvalue weighted by molar-refractivity contribution is -0.293. The Morgan fingerprint density at radius 2 is 2.00 bits per heavy atom. The van der Waals surface area contributed by atoms with Crippen molar-refractivity contribution in [2.75, 3.05) is 13.7 Å². The summed E-state index contributed by atoms with van der Waals surface area (Å²) in [4.78, 5) is 17.8. The zero-order chi connectivity index (χ0) is 29.0. The van der Waals surface area contributed by atoms with Gasteiger partial charge < -0.3 is 38.8 Å². The van der Waals surface area contributed by atoms with Crippen LogP contribution in [0.5, 0.6) is 5.75 Å². The van der Waals surface area contributed by atoms with Crippen LogP contribution in [0.4, 0.5) is 0 Å². The summed E-state index contributed by atoms with van der Waals surface area (Å²) < 4.78 is 24.0. The topological polar surface area (TPSA) is 132 Å². The first-order valence-electron chi connectivity index (χ1n) is 12.6. The Kier molecular flexibility index (Phi) is 9.92. The number of benzene rings is 2. The quantitative estimate of drug-likeness (QED) is 0.184. The number of terminal acetylenes is 1. The van der Waals surface area contributed by atoms with Crippen LogP contribution in [-0.2, 0) is 27.4 Å². The molecule has 2 heterocycles. The second-order valence-electron chi connectivity index (χ2n) is 9.25. The highest BCUT2D eigenvalue weighted by Gasteiger charge is 2.47. The normalized spacial score (nSPS) is 22.7. The number of aryl methyl sites for hydroxylation is 1. The summed E-state index contributed by atoms with van der Waals surface area (Å²) in [5.74, 6) is 2.58. The molecule has 0 amide bonds. The first kappa shape index (κ1) is 30.1. The van der Waals surface area contributed by atoms with Crippen molar-refractivity contribution < 1.29 is 39.1 Å². The molecule has 2 aromatic carbocycles. The van der Waals surface area contributed by atoms with E-state index in [1.54, 1.807) is 6.92 Å². The molecule has 1 saturated heterocycles. The third kappa shape index (κ3) is 6.06. The van der Waals surface area contributed by atoms with E-state index < -0.39 is 43.3 Å². The van der Waals surface area contributed by atoms with Gasteiger partial charge in [-0.1, -0.05) is 35.3 Å². The van der Waals surface area contributed by atoms with Crippen LogP contribution < -0.4 is 4.74 Å². The molecular weight excluding hydrogens is 563 g/mol. The number of aromatic nitrogens is 2. The lowest BCUT2D eigenvalue weighted by Gasteiger charge is -2.40. The molecule has 1 aromatic heterocycles. The Labute approximate surface area is 241 Å². The minimum atomic E-state index is -1.58. The van der Waals surface area contributed by atoms with Gasteiger partial charge in [0.2, 0.25) is 0 Å². The van der Waals surface area contributed by atoms with E-state index in [2.05, 4.69) is 10.9 Å². The van der Waals surface area contributed by atoms with Gasteiger partial charge in [-0.3, -0.25) is 0 Å². The molecule has 1 aliphatic heterocycles. The molecule has 5 atom stereocenters. The lowest BCUT2D eigenvalue weighted by atomic mass is 9.99. The molecular formula is C28H30Cl2N2O8. The van der Waals surface area contributed by atoms with Gasteiger partial charge in [-0.05, 0) is 37.1 Å². The second kappa shape index (κ2) is 13.2. The number of esters is 1. The number of hydrogen-bond donors (Lipinski definition) is 3. The number of para-hydroxylation sites is 2. The molecule has 12 heteroatoms. The average Bonchev–Trinajstić information content (AvgIpc) is 3.30. The summed E-state index contributed by atoms with van der Waals surface area (Å²) >= 11 is 13.1. The first-order chi connectivity index (χ1) is 19.2. The molecule has 3 N–H and O–H groups in total. The van der Waals surface area contributed by atoms with Crippen LogP contribution >= 0.6 is 23.2 Å². The number of halogens is 2. The van der Waals surface area contributed by atoms with Crippen molar-refractivity contribution in [3.63, 3.8) is 0 Å². The highest BCUT2D eigenvalue weighted by atomic mass is 35.5. The second-order valence-corrected chi connectivity index (χ2v) is 10.0. The number of imidazole rings is 1. The Hall–Kier alpha value is -2.88. The molecule has 0 bridgehead atoms. The van der Waals surface area contributed by atoms with Gasteiger partial charge >= 0.3 is 5.97 Å². The van der Waals surface area contributed by atoms with Crippen LogP contribution in [-0.4, -0.2) is 75.3 Å². The smallest absolute Gasteiger partial charge is 0.339 e. The van der Waals surface area contributed by atoms with Crippen LogP contribution in [0, 0.1) is 19.3 Å². The molecule has 4 rings (SSSR count). The molecule has 1 fully saturated rings. The van der Waals surface area contributed by atoms with Crippen molar-refractivity contribution >= 4 is 40.2 Å². The van der Waals surface area contributed by atoms with E-state index >= 15 is 0 Å². The minimum absolute atomic E-state index is 0.0182. The van der Waals surface area contributed by atoms with Gasteiger partial charge in [0.15, 0.2) is 18.1 Å². The summed E-state index contributed by atoms with van der Waals surface area (Å²) in [7, 11) is 1.28. The number of rotatable bonds is 10. The van der Waals surface area contributed by atoms with Gasteiger partial charge in [0, 0.05) is 20.1 Å². The van der Waals surface area contributed by atoms with Crippen LogP contribution in [0.15, 0.2) is 30.3 Å². The number of unbranched alkanes of at least 4 members (excludes halogenated alkanes) is 1. The van der Waals surface area contributed by atoms with E-state index in [-0.39, 0.29) is 28.0 Å². The number of ether oxygens (including phenoxy) is 4. The third-order valence-electron chi connectivity index (χ3n) is 6.72.